The largest absolute Gasteiger partial charge is 0.503 e. The molecular weight excluding hydrogens is 450 g/mol. The second-order valence-corrected chi connectivity index (χ2v) is 10.5. The molecule has 4 aromatic rings. The van der Waals surface area contributed by atoms with E-state index in [0.29, 0.717) is 15.7 Å². The van der Waals surface area contributed by atoms with Crippen LogP contribution in [0.1, 0.15) is 36.9 Å². The van der Waals surface area contributed by atoms with Crippen LogP contribution in [-0.4, -0.2) is 26.8 Å². The van der Waals surface area contributed by atoms with E-state index >= 15 is 0 Å². The number of aliphatic hydroxyl groups is 1. The number of aromatic nitrogens is 2. The summed E-state index contributed by atoms with van der Waals surface area (Å²) in [5.41, 5.74) is 2.54. The Morgan fingerprint density at radius 2 is 1.94 bits per heavy atom. The maximum Gasteiger partial charge on any atom is 0.296 e. The monoisotopic (exact) mass is 467 g/mol. The molecule has 6 nitrogen and oxygen atoms in total. The van der Waals surface area contributed by atoms with E-state index in [1.807, 2.05) is 49.6 Å². The molecule has 4 heterocycles. The summed E-state index contributed by atoms with van der Waals surface area (Å²) in [5.74, 6) is -1.51. The molecule has 0 bridgehead atoms. The lowest BCUT2D eigenvalue weighted by atomic mass is 10.0. The van der Waals surface area contributed by atoms with Gasteiger partial charge in [-0.25, -0.2) is 9.97 Å². The summed E-state index contributed by atoms with van der Waals surface area (Å²) in [7, 11) is 0. The zero-order valence-corrected chi connectivity index (χ0v) is 19.3. The molecule has 1 aromatic carbocycles. The average molecular weight is 468 g/mol. The zero-order valence-electron chi connectivity index (χ0n) is 16.9. The number of benzene rings is 1. The molecule has 1 atom stereocenters. The standard InChI is InChI=1S/C22H17N3O3S3/c1-10-6-7-13-15(9-10)31-22(24-13)25-17(14-5-4-8-29-14)16(19(27)21(25)28)18(26)20-11(2)23-12(3)30-20/h4-9,17,27H,1-3H3. The number of nitrogens with zero attached hydrogens (tertiary/aromatic N) is 3. The first-order chi connectivity index (χ1) is 14.8. The number of anilines is 1. The number of aliphatic hydroxyl groups excluding tert-OH is 1. The lowest BCUT2D eigenvalue weighted by molar-refractivity contribution is -0.117. The van der Waals surface area contributed by atoms with Gasteiger partial charge >= 0.3 is 0 Å². The van der Waals surface area contributed by atoms with Gasteiger partial charge in [0.1, 0.15) is 6.04 Å². The number of fused-ring (bicyclic) bond motifs is 1. The number of aryl methyl sites for hydroxylation is 3. The van der Waals surface area contributed by atoms with Crippen molar-refractivity contribution in [2.75, 3.05) is 4.90 Å². The summed E-state index contributed by atoms with van der Waals surface area (Å²) in [5, 5.41) is 13.9. The zero-order chi connectivity index (χ0) is 21.9. The van der Waals surface area contributed by atoms with Gasteiger partial charge in [0.25, 0.3) is 5.91 Å². The Kier molecular flexibility index (Phi) is 4.76. The van der Waals surface area contributed by atoms with Crippen LogP contribution < -0.4 is 4.90 Å². The van der Waals surface area contributed by atoms with Crippen molar-refractivity contribution in [1.82, 2.24) is 9.97 Å². The fourth-order valence-corrected chi connectivity index (χ4v) is 6.53. The molecule has 1 aliphatic rings. The minimum atomic E-state index is -0.733. The Morgan fingerprint density at radius 3 is 2.61 bits per heavy atom. The van der Waals surface area contributed by atoms with Crippen LogP contribution >= 0.6 is 34.0 Å². The van der Waals surface area contributed by atoms with E-state index in [-0.39, 0.29) is 11.4 Å². The molecule has 156 valence electrons. The highest BCUT2D eigenvalue weighted by atomic mass is 32.1. The van der Waals surface area contributed by atoms with E-state index < -0.39 is 17.7 Å². The fourth-order valence-electron chi connectivity index (χ4n) is 3.74. The summed E-state index contributed by atoms with van der Waals surface area (Å²) in [6.07, 6.45) is 0. The van der Waals surface area contributed by atoms with Crippen LogP contribution in [0.4, 0.5) is 5.13 Å². The second-order valence-electron chi connectivity index (χ2n) is 7.30. The van der Waals surface area contributed by atoms with Crippen LogP contribution in [0.15, 0.2) is 47.0 Å². The van der Waals surface area contributed by atoms with Crippen molar-refractivity contribution in [2.45, 2.75) is 26.8 Å². The number of hydrogen-bond acceptors (Lipinski definition) is 8. The highest BCUT2D eigenvalue weighted by molar-refractivity contribution is 7.22. The molecule has 9 heteroatoms. The van der Waals surface area contributed by atoms with Crippen molar-refractivity contribution in [2.24, 2.45) is 0 Å². The molecule has 0 aliphatic carbocycles. The fraction of sp³-hybridized carbons (Fsp3) is 0.182. The number of ketones is 1. The van der Waals surface area contributed by atoms with Crippen molar-refractivity contribution in [3.63, 3.8) is 0 Å². The SMILES string of the molecule is Cc1ccc2nc(N3C(=O)C(O)=C(C(=O)c4sc(C)nc4C)C3c3cccs3)sc2c1. The minimum Gasteiger partial charge on any atom is -0.503 e. The molecule has 1 amide bonds. The number of carbonyl (C=O) groups excluding carboxylic acids is 2. The molecule has 0 saturated heterocycles. The van der Waals surface area contributed by atoms with E-state index in [1.165, 1.54) is 38.9 Å². The van der Waals surface area contributed by atoms with E-state index in [0.717, 1.165) is 25.7 Å². The van der Waals surface area contributed by atoms with Crippen molar-refractivity contribution < 1.29 is 14.7 Å². The molecule has 0 radical (unpaired) electrons. The lowest BCUT2D eigenvalue weighted by Gasteiger charge is -2.22. The maximum absolute atomic E-state index is 13.5. The van der Waals surface area contributed by atoms with Gasteiger partial charge in [-0.15, -0.1) is 22.7 Å². The first-order valence-electron chi connectivity index (χ1n) is 9.51. The number of rotatable bonds is 4. The van der Waals surface area contributed by atoms with Crippen LogP contribution in [-0.2, 0) is 4.79 Å². The first-order valence-corrected chi connectivity index (χ1v) is 12.0. The third kappa shape index (κ3) is 3.20. The number of amides is 1. The van der Waals surface area contributed by atoms with Gasteiger partial charge in [0.15, 0.2) is 10.9 Å². The molecule has 31 heavy (non-hydrogen) atoms. The highest BCUT2D eigenvalue weighted by Gasteiger charge is 2.47. The molecule has 5 rings (SSSR count). The number of thiophene rings is 1. The molecule has 3 aromatic heterocycles. The Hall–Kier alpha value is -2.88. The molecule has 0 saturated carbocycles. The predicted octanol–water partition coefficient (Wildman–Crippen LogP) is 5.52. The first kappa shape index (κ1) is 20.0. The molecular formula is C22H17N3O3S3. The van der Waals surface area contributed by atoms with Gasteiger partial charge in [-0.2, -0.15) is 0 Å². The van der Waals surface area contributed by atoms with Gasteiger partial charge in [0, 0.05) is 4.88 Å². The number of Topliss-reactive ketones (excluding diaryl/α,β-unsaturated/α-hetero) is 1. The summed E-state index contributed by atoms with van der Waals surface area (Å²) in [6.45, 7) is 5.59. The molecule has 0 spiro atoms. The van der Waals surface area contributed by atoms with Gasteiger partial charge in [-0.3, -0.25) is 14.5 Å². The highest BCUT2D eigenvalue weighted by Crippen LogP contribution is 2.45. The maximum atomic E-state index is 13.5. The number of hydrogen-bond donors (Lipinski definition) is 1. The second kappa shape index (κ2) is 7.37. The summed E-state index contributed by atoms with van der Waals surface area (Å²) in [6, 6.07) is 8.89. The van der Waals surface area contributed by atoms with Crippen molar-refractivity contribution in [1.29, 1.82) is 0 Å². The normalized spacial score (nSPS) is 16.7. The van der Waals surface area contributed by atoms with Crippen LogP contribution in [0.2, 0.25) is 0 Å². The Bertz CT molecular complexity index is 1380. The van der Waals surface area contributed by atoms with Crippen LogP contribution in [0, 0.1) is 20.8 Å². The summed E-state index contributed by atoms with van der Waals surface area (Å²) < 4.78 is 0.945. The van der Waals surface area contributed by atoms with Gasteiger partial charge in [0.05, 0.1) is 31.4 Å². The Labute approximate surface area is 190 Å². The van der Waals surface area contributed by atoms with Gasteiger partial charge in [-0.05, 0) is 49.9 Å². The third-order valence-electron chi connectivity index (χ3n) is 5.11. The van der Waals surface area contributed by atoms with Crippen LogP contribution in [0.5, 0.6) is 0 Å². The summed E-state index contributed by atoms with van der Waals surface area (Å²) >= 11 is 4.07. The van der Waals surface area contributed by atoms with Crippen molar-refractivity contribution in [3.8, 4) is 0 Å². The number of thiazole rings is 2. The Balaban J connectivity index is 1.67. The average Bonchev–Trinajstić information content (AvgIpc) is 3.48. The van der Waals surface area contributed by atoms with Crippen molar-refractivity contribution in [3.05, 3.63) is 73.1 Å². The summed E-state index contributed by atoms with van der Waals surface area (Å²) in [4.78, 5) is 38.4. The predicted molar refractivity (Wildman–Crippen MR) is 124 cm³/mol. The Morgan fingerprint density at radius 1 is 1.13 bits per heavy atom. The quantitative estimate of drug-likeness (QED) is 0.400. The van der Waals surface area contributed by atoms with Crippen molar-refractivity contribution >= 4 is 61.0 Å². The smallest absolute Gasteiger partial charge is 0.296 e. The van der Waals surface area contributed by atoms with Gasteiger partial charge in [0.2, 0.25) is 5.78 Å². The lowest BCUT2D eigenvalue weighted by Crippen LogP contribution is -2.30. The van der Waals surface area contributed by atoms with E-state index in [9.17, 15) is 14.7 Å². The molecule has 1 unspecified atom stereocenters. The third-order valence-corrected chi connectivity index (χ3v) is 8.13. The van der Waals surface area contributed by atoms with E-state index in [2.05, 4.69) is 9.97 Å². The van der Waals surface area contributed by atoms with E-state index in [4.69, 9.17) is 0 Å². The van der Waals surface area contributed by atoms with Gasteiger partial charge < -0.3 is 5.11 Å². The molecule has 1 N–H and O–H groups in total. The topological polar surface area (TPSA) is 83.4 Å². The van der Waals surface area contributed by atoms with Gasteiger partial charge in [-0.1, -0.05) is 23.5 Å². The molecule has 0 fully saturated rings. The molecule has 1 aliphatic heterocycles. The number of carbonyl (C=O) groups is 2. The van der Waals surface area contributed by atoms with E-state index in [1.54, 1.807) is 6.92 Å². The van der Waals surface area contributed by atoms with Crippen LogP contribution in [0.3, 0.4) is 0 Å². The minimum absolute atomic E-state index is 0.0784. The van der Waals surface area contributed by atoms with Crippen LogP contribution in [0.25, 0.3) is 10.2 Å².